The summed E-state index contributed by atoms with van der Waals surface area (Å²) in [4.78, 5) is 11.7. The van der Waals surface area contributed by atoms with Gasteiger partial charge in [0, 0.05) is 12.3 Å². The van der Waals surface area contributed by atoms with Crippen LogP contribution >= 0.6 is 46.4 Å². The molecule has 0 aliphatic heterocycles. The lowest BCUT2D eigenvalue weighted by Gasteiger charge is -2.32. The molecule has 4 rings (SSSR count). The molecule has 0 aromatic heterocycles. The van der Waals surface area contributed by atoms with Crippen molar-refractivity contribution in [2.45, 2.75) is 63.7 Å². The third-order valence-electron chi connectivity index (χ3n) is 6.71. The molecule has 2 aromatic carbocycles. The number of hydrogen-bond acceptors (Lipinski definition) is 3. The fourth-order valence-corrected chi connectivity index (χ4v) is 7.37. The van der Waals surface area contributed by atoms with Crippen molar-refractivity contribution in [2.75, 3.05) is 7.11 Å². The molecule has 0 heterocycles. The molecule has 166 valence electrons. The van der Waals surface area contributed by atoms with Crippen molar-refractivity contribution in [3.8, 4) is 11.5 Å². The van der Waals surface area contributed by atoms with Crippen molar-refractivity contribution in [2.24, 2.45) is 0 Å². The number of carbonyl (C=O) groups excluding carboxylic acids is 1. The Morgan fingerprint density at radius 1 is 0.839 bits per heavy atom. The highest BCUT2D eigenvalue weighted by atomic mass is 35.5. The van der Waals surface area contributed by atoms with Gasteiger partial charge < -0.3 is 9.47 Å². The predicted molar refractivity (Wildman–Crippen MR) is 127 cm³/mol. The largest absolute Gasteiger partial charge is 0.494 e. The number of rotatable bonds is 2. The molecule has 0 fully saturated rings. The molecule has 0 N–H and O–H groups in total. The zero-order valence-corrected chi connectivity index (χ0v) is 21.3. The van der Waals surface area contributed by atoms with Crippen molar-refractivity contribution in [3.63, 3.8) is 0 Å². The van der Waals surface area contributed by atoms with E-state index in [4.69, 9.17) is 55.9 Å². The molecule has 1 spiro atoms. The molecule has 7 heteroatoms. The van der Waals surface area contributed by atoms with Gasteiger partial charge in [0.25, 0.3) is 0 Å². The van der Waals surface area contributed by atoms with Gasteiger partial charge in [-0.05, 0) is 58.1 Å². The van der Waals surface area contributed by atoms with Gasteiger partial charge in [-0.2, -0.15) is 0 Å². The summed E-state index contributed by atoms with van der Waals surface area (Å²) >= 11 is 26.9. The second kappa shape index (κ2) is 7.18. The number of halogens is 4. The topological polar surface area (TPSA) is 35.5 Å². The van der Waals surface area contributed by atoms with E-state index in [0.717, 1.165) is 35.1 Å². The van der Waals surface area contributed by atoms with Crippen molar-refractivity contribution in [3.05, 3.63) is 54.5 Å². The lowest BCUT2D eigenvalue weighted by Crippen LogP contribution is -2.27. The summed E-state index contributed by atoms with van der Waals surface area (Å²) in [5.74, 6) is 0.166. The molecule has 1 unspecified atom stereocenters. The van der Waals surface area contributed by atoms with Crippen LogP contribution in [0.5, 0.6) is 11.5 Å². The van der Waals surface area contributed by atoms with Crippen LogP contribution in [0.15, 0.2) is 12.1 Å². The van der Waals surface area contributed by atoms with Gasteiger partial charge in [0.1, 0.15) is 0 Å². The average molecular weight is 502 g/mol. The third kappa shape index (κ3) is 3.19. The van der Waals surface area contributed by atoms with E-state index in [-0.39, 0.29) is 16.6 Å². The quantitative estimate of drug-likeness (QED) is 0.310. The van der Waals surface area contributed by atoms with Crippen LogP contribution in [0.1, 0.15) is 69.7 Å². The lowest BCUT2D eigenvalue weighted by atomic mass is 9.72. The maximum absolute atomic E-state index is 11.7. The number of methoxy groups -OCH3 is 1. The summed E-state index contributed by atoms with van der Waals surface area (Å²) in [7, 11) is 1.56. The van der Waals surface area contributed by atoms with Crippen LogP contribution < -0.4 is 9.47 Å². The van der Waals surface area contributed by atoms with Crippen molar-refractivity contribution < 1.29 is 14.3 Å². The molecule has 0 bridgehead atoms. The fourth-order valence-electron chi connectivity index (χ4n) is 5.87. The fraction of sp³-hybridized carbons (Fsp3) is 0.458. The average Bonchev–Trinajstić information content (AvgIpc) is 2.97. The first-order valence-electron chi connectivity index (χ1n) is 10.0. The van der Waals surface area contributed by atoms with E-state index in [1.165, 1.54) is 6.92 Å². The summed E-state index contributed by atoms with van der Waals surface area (Å²) in [5, 5.41) is 1.66. The Balaban J connectivity index is 2.13. The highest BCUT2D eigenvalue weighted by Crippen LogP contribution is 2.67. The minimum Gasteiger partial charge on any atom is -0.494 e. The Kier molecular flexibility index (Phi) is 5.34. The molecule has 2 aromatic rings. The summed E-state index contributed by atoms with van der Waals surface area (Å²) in [5.41, 5.74) is 3.06. The summed E-state index contributed by atoms with van der Waals surface area (Å²) in [6.45, 7) is 10.0. The molecule has 31 heavy (non-hydrogen) atoms. The van der Waals surface area contributed by atoms with Gasteiger partial charge in [-0.3, -0.25) is 4.79 Å². The first-order chi connectivity index (χ1) is 14.3. The molecule has 3 nitrogen and oxygen atoms in total. The SMILES string of the molecule is COc1c(Cl)cc2c(c1Cl)C1(CC2(C)C)CC(C)(C)c2cc(Cl)c(OC(C)=O)c(Cl)c21. The van der Waals surface area contributed by atoms with Gasteiger partial charge in [-0.15, -0.1) is 0 Å². The second-order valence-corrected chi connectivity index (χ2v) is 11.4. The smallest absolute Gasteiger partial charge is 0.308 e. The number of fused-ring (bicyclic) bond motifs is 4. The van der Waals surface area contributed by atoms with Gasteiger partial charge in [0.05, 0.1) is 27.2 Å². The van der Waals surface area contributed by atoms with Gasteiger partial charge in [0.2, 0.25) is 0 Å². The van der Waals surface area contributed by atoms with Crippen molar-refractivity contribution >= 4 is 52.4 Å². The monoisotopic (exact) mass is 500 g/mol. The maximum Gasteiger partial charge on any atom is 0.308 e. The minimum atomic E-state index is -0.497. The Morgan fingerprint density at radius 3 is 1.68 bits per heavy atom. The Morgan fingerprint density at radius 2 is 1.26 bits per heavy atom. The van der Waals surface area contributed by atoms with Gasteiger partial charge in [-0.1, -0.05) is 74.1 Å². The predicted octanol–water partition coefficient (Wildman–Crippen LogP) is 7.88. The number of ether oxygens (including phenoxy) is 2. The highest BCUT2D eigenvalue weighted by Gasteiger charge is 2.59. The zero-order chi connectivity index (χ0) is 23.1. The maximum atomic E-state index is 11.7. The molecule has 0 amide bonds. The summed E-state index contributed by atoms with van der Waals surface area (Å²) in [6, 6.07) is 3.83. The number of esters is 1. The summed E-state index contributed by atoms with van der Waals surface area (Å²) in [6.07, 6.45) is 1.55. The minimum absolute atomic E-state index is 0.190. The van der Waals surface area contributed by atoms with Crippen molar-refractivity contribution in [1.82, 2.24) is 0 Å². The van der Waals surface area contributed by atoms with E-state index in [9.17, 15) is 4.79 Å². The van der Waals surface area contributed by atoms with Crippen LogP contribution in [-0.4, -0.2) is 13.1 Å². The molecular weight excluding hydrogens is 478 g/mol. The summed E-state index contributed by atoms with van der Waals surface area (Å²) < 4.78 is 11.0. The van der Waals surface area contributed by atoms with E-state index >= 15 is 0 Å². The van der Waals surface area contributed by atoms with Gasteiger partial charge >= 0.3 is 5.97 Å². The number of hydrogen-bond donors (Lipinski definition) is 0. The van der Waals surface area contributed by atoms with Crippen LogP contribution in [0.2, 0.25) is 20.1 Å². The molecule has 0 saturated heterocycles. The molecule has 0 radical (unpaired) electrons. The molecule has 1 atom stereocenters. The third-order valence-corrected chi connectivity index (χ3v) is 7.99. The van der Waals surface area contributed by atoms with Gasteiger partial charge in [0.15, 0.2) is 11.5 Å². The van der Waals surface area contributed by atoms with Crippen LogP contribution in [-0.2, 0) is 21.0 Å². The van der Waals surface area contributed by atoms with Crippen LogP contribution in [0, 0.1) is 0 Å². The van der Waals surface area contributed by atoms with E-state index < -0.39 is 11.4 Å². The van der Waals surface area contributed by atoms with Crippen LogP contribution in [0.25, 0.3) is 0 Å². The second-order valence-electron chi connectivity index (χ2n) is 9.85. The number of carbonyl (C=O) groups is 1. The normalized spacial score (nSPS) is 22.4. The molecular formula is C24H24Cl4O3. The highest BCUT2D eigenvalue weighted by molar-refractivity contribution is 6.39. The van der Waals surface area contributed by atoms with E-state index in [1.807, 2.05) is 12.1 Å². The Hall–Kier alpha value is -1.13. The standard InChI is InChI=1S/C24H24Cl4O3/c1-11(29)31-21-15(26)8-13-17(19(21)28)24(10-23(13,4)5)9-22(2,3)12-7-14(25)20(30-6)18(27)16(12)24/h7-8H,9-10H2,1-6H3. The zero-order valence-electron chi connectivity index (χ0n) is 18.3. The van der Waals surface area contributed by atoms with Crippen LogP contribution in [0.3, 0.4) is 0 Å². The van der Waals surface area contributed by atoms with E-state index in [2.05, 4.69) is 27.7 Å². The Labute approximate surface area is 202 Å². The van der Waals surface area contributed by atoms with Gasteiger partial charge in [-0.25, -0.2) is 0 Å². The number of benzene rings is 2. The molecule has 0 saturated carbocycles. The van der Waals surface area contributed by atoms with E-state index in [1.54, 1.807) is 7.11 Å². The van der Waals surface area contributed by atoms with Crippen LogP contribution in [0.4, 0.5) is 0 Å². The van der Waals surface area contributed by atoms with Crippen molar-refractivity contribution in [1.29, 1.82) is 0 Å². The Bertz CT molecular complexity index is 1130. The first-order valence-corrected chi connectivity index (χ1v) is 11.6. The lowest BCUT2D eigenvalue weighted by molar-refractivity contribution is -0.131. The first kappa shape index (κ1) is 23.0. The molecule has 2 aliphatic carbocycles. The molecule has 2 aliphatic rings. The van der Waals surface area contributed by atoms with E-state index in [0.29, 0.717) is 25.8 Å².